The van der Waals surface area contributed by atoms with Gasteiger partial charge in [0, 0.05) is 12.7 Å². The molecule has 0 spiro atoms. The highest BCUT2D eigenvalue weighted by Gasteiger charge is 2.16. The van der Waals surface area contributed by atoms with Gasteiger partial charge in [-0.05, 0) is 36.8 Å². The summed E-state index contributed by atoms with van der Waals surface area (Å²) in [5.41, 5.74) is 0.396. The molecule has 0 saturated heterocycles. The predicted molar refractivity (Wildman–Crippen MR) is 79.1 cm³/mol. The van der Waals surface area contributed by atoms with Gasteiger partial charge in [-0.25, -0.2) is 13.8 Å². The summed E-state index contributed by atoms with van der Waals surface area (Å²) in [6, 6.07) is 6.19. The van der Waals surface area contributed by atoms with Crippen LogP contribution in [0.5, 0.6) is 5.88 Å². The number of benzene rings is 1. The summed E-state index contributed by atoms with van der Waals surface area (Å²) in [5, 5.41) is 12.5. The number of carbonyl (C=O) groups excluding carboxylic acids is 1. The van der Waals surface area contributed by atoms with Crippen LogP contribution in [0.15, 0.2) is 36.5 Å². The van der Waals surface area contributed by atoms with Crippen LogP contribution in [0.25, 0.3) is 0 Å². The molecule has 0 aliphatic heterocycles. The van der Waals surface area contributed by atoms with Gasteiger partial charge in [-0.15, -0.1) is 0 Å². The van der Waals surface area contributed by atoms with Crippen molar-refractivity contribution in [3.63, 3.8) is 0 Å². The Morgan fingerprint density at radius 2 is 2.13 bits per heavy atom. The average Bonchev–Trinajstić information content (AvgIpc) is 2.55. The van der Waals surface area contributed by atoms with Crippen LogP contribution >= 0.6 is 0 Å². The number of amides is 1. The zero-order valence-corrected chi connectivity index (χ0v) is 12.4. The van der Waals surface area contributed by atoms with E-state index < -0.39 is 23.6 Å². The quantitative estimate of drug-likeness (QED) is 0.855. The molecule has 0 radical (unpaired) electrons. The lowest BCUT2D eigenvalue weighted by molar-refractivity contribution is 0.0911. The van der Waals surface area contributed by atoms with Crippen LogP contribution in [0, 0.1) is 11.6 Å². The Kier molecular flexibility index (Phi) is 5.59. The minimum atomic E-state index is -1.17. The van der Waals surface area contributed by atoms with E-state index in [2.05, 4.69) is 10.3 Å². The number of aliphatic hydroxyl groups is 1. The number of hydrogen-bond donors (Lipinski definition) is 2. The summed E-state index contributed by atoms with van der Waals surface area (Å²) in [6.07, 6.45) is 0.332. The molecule has 0 fully saturated rings. The van der Waals surface area contributed by atoms with Crippen LogP contribution in [-0.4, -0.2) is 29.1 Å². The molecule has 1 aromatic heterocycles. The third kappa shape index (κ3) is 4.23. The first-order chi connectivity index (χ1) is 11.0. The Bertz CT molecular complexity index is 695. The van der Waals surface area contributed by atoms with E-state index in [9.17, 15) is 18.7 Å². The number of rotatable bonds is 6. The first-order valence-corrected chi connectivity index (χ1v) is 7.02. The number of ether oxygens (including phenoxy) is 1. The van der Waals surface area contributed by atoms with E-state index >= 15 is 0 Å². The number of aliphatic hydroxyl groups excluding tert-OH is 1. The van der Waals surface area contributed by atoms with Gasteiger partial charge >= 0.3 is 0 Å². The first kappa shape index (κ1) is 16.8. The van der Waals surface area contributed by atoms with E-state index in [1.165, 1.54) is 18.3 Å². The molecule has 1 heterocycles. The second-order valence-corrected chi connectivity index (χ2v) is 4.69. The average molecular weight is 322 g/mol. The number of halogens is 2. The lowest BCUT2D eigenvalue weighted by atomic mass is 10.1. The molecule has 5 nitrogen and oxygen atoms in total. The fourth-order valence-corrected chi connectivity index (χ4v) is 1.94. The van der Waals surface area contributed by atoms with Gasteiger partial charge < -0.3 is 15.2 Å². The third-order valence-corrected chi connectivity index (χ3v) is 3.08. The van der Waals surface area contributed by atoms with E-state index in [-0.39, 0.29) is 23.6 Å². The molecule has 0 aliphatic rings. The number of nitrogens with zero attached hydrogens (tertiary/aromatic N) is 1. The maximum absolute atomic E-state index is 13.1. The molecule has 2 N–H and O–H groups in total. The molecule has 2 rings (SSSR count). The van der Waals surface area contributed by atoms with Gasteiger partial charge in [-0.2, -0.15) is 0 Å². The fraction of sp³-hybridized carbons (Fsp3) is 0.250. The van der Waals surface area contributed by atoms with Crippen LogP contribution < -0.4 is 10.1 Å². The number of hydrogen-bond acceptors (Lipinski definition) is 4. The number of nitrogens with one attached hydrogen (secondary N) is 1. The molecule has 0 aliphatic carbocycles. The van der Waals surface area contributed by atoms with Crippen molar-refractivity contribution in [3.8, 4) is 5.88 Å². The van der Waals surface area contributed by atoms with Crippen molar-refractivity contribution < 1.29 is 23.4 Å². The molecule has 1 amide bonds. The van der Waals surface area contributed by atoms with Gasteiger partial charge in [0.05, 0.1) is 12.7 Å². The molecule has 0 unspecified atom stereocenters. The van der Waals surface area contributed by atoms with Crippen molar-refractivity contribution in [1.29, 1.82) is 0 Å². The minimum absolute atomic E-state index is 0.162. The predicted octanol–water partition coefficient (Wildman–Crippen LogP) is 2.22. The summed E-state index contributed by atoms with van der Waals surface area (Å²) in [4.78, 5) is 16.1. The van der Waals surface area contributed by atoms with Gasteiger partial charge in [0.2, 0.25) is 5.88 Å². The van der Waals surface area contributed by atoms with Gasteiger partial charge in [0.1, 0.15) is 5.56 Å². The van der Waals surface area contributed by atoms with E-state index in [4.69, 9.17) is 4.74 Å². The summed E-state index contributed by atoms with van der Waals surface area (Å²) in [5.74, 6) is -2.35. The Morgan fingerprint density at radius 3 is 2.83 bits per heavy atom. The van der Waals surface area contributed by atoms with E-state index in [0.717, 1.165) is 12.1 Å². The maximum atomic E-state index is 13.1. The monoisotopic (exact) mass is 322 g/mol. The van der Waals surface area contributed by atoms with E-state index in [1.54, 1.807) is 13.0 Å². The number of carbonyl (C=O) groups is 1. The molecule has 2 aromatic rings. The normalized spacial score (nSPS) is 11.8. The SMILES string of the molecule is CCOc1ncccc1C(=O)NC[C@H](O)c1ccc(F)c(F)c1. The summed E-state index contributed by atoms with van der Waals surface area (Å²) < 4.78 is 31.3. The number of pyridine rings is 1. The highest BCUT2D eigenvalue weighted by molar-refractivity contribution is 5.96. The molecule has 122 valence electrons. The lowest BCUT2D eigenvalue weighted by Crippen LogP contribution is -2.29. The van der Waals surface area contributed by atoms with Crippen LogP contribution in [0.1, 0.15) is 28.9 Å². The minimum Gasteiger partial charge on any atom is -0.477 e. The Hall–Kier alpha value is -2.54. The smallest absolute Gasteiger partial charge is 0.256 e. The number of aromatic nitrogens is 1. The topological polar surface area (TPSA) is 71.5 Å². The van der Waals surface area contributed by atoms with Crippen molar-refractivity contribution in [2.45, 2.75) is 13.0 Å². The third-order valence-electron chi connectivity index (χ3n) is 3.08. The first-order valence-electron chi connectivity index (χ1n) is 7.02. The lowest BCUT2D eigenvalue weighted by Gasteiger charge is -2.13. The summed E-state index contributed by atoms with van der Waals surface area (Å²) in [7, 11) is 0. The zero-order valence-electron chi connectivity index (χ0n) is 12.4. The van der Waals surface area contributed by atoms with Gasteiger partial charge in [0.15, 0.2) is 11.6 Å². The molecule has 1 aromatic carbocycles. The largest absolute Gasteiger partial charge is 0.477 e. The van der Waals surface area contributed by atoms with Crippen LogP contribution in [0.2, 0.25) is 0 Å². The van der Waals surface area contributed by atoms with Crippen molar-refractivity contribution in [3.05, 3.63) is 59.3 Å². The van der Waals surface area contributed by atoms with Crippen molar-refractivity contribution in [2.75, 3.05) is 13.2 Å². The van der Waals surface area contributed by atoms with Crippen molar-refractivity contribution in [2.24, 2.45) is 0 Å². The second-order valence-electron chi connectivity index (χ2n) is 4.69. The molecule has 23 heavy (non-hydrogen) atoms. The summed E-state index contributed by atoms with van der Waals surface area (Å²) in [6.45, 7) is 1.96. The fourth-order valence-electron chi connectivity index (χ4n) is 1.94. The maximum Gasteiger partial charge on any atom is 0.256 e. The molecule has 0 saturated carbocycles. The van der Waals surface area contributed by atoms with Crippen LogP contribution in [0.3, 0.4) is 0 Å². The van der Waals surface area contributed by atoms with Crippen molar-refractivity contribution >= 4 is 5.91 Å². The van der Waals surface area contributed by atoms with Gasteiger partial charge in [0.25, 0.3) is 5.91 Å². The Morgan fingerprint density at radius 1 is 1.35 bits per heavy atom. The van der Waals surface area contributed by atoms with Crippen molar-refractivity contribution in [1.82, 2.24) is 10.3 Å². The van der Waals surface area contributed by atoms with E-state index in [1.807, 2.05) is 0 Å². The van der Waals surface area contributed by atoms with Crippen LogP contribution in [-0.2, 0) is 0 Å². The second kappa shape index (κ2) is 7.64. The molecular formula is C16H16F2N2O3. The summed E-state index contributed by atoms with van der Waals surface area (Å²) >= 11 is 0. The van der Waals surface area contributed by atoms with E-state index in [0.29, 0.717) is 6.61 Å². The Labute approximate surface area is 131 Å². The molecular weight excluding hydrogens is 306 g/mol. The van der Waals surface area contributed by atoms with Gasteiger partial charge in [-0.3, -0.25) is 4.79 Å². The molecule has 0 bridgehead atoms. The highest BCUT2D eigenvalue weighted by Crippen LogP contribution is 2.17. The molecule has 7 heteroatoms. The highest BCUT2D eigenvalue weighted by atomic mass is 19.2. The Balaban J connectivity index is 2.02. The van der Waals surface area contributed by atoms with Gasteiger partial charge in [-0.1, -0.05) is 6.07 Å². The van der Waals surface area contributed by atoms with Crippen LogP contribution in [0.4, 0.5) is 8.78 Å². The zero-order chi connectivity index (χ0) is 16.8. The molecule has 1 atom stereocenters. The standard InChI is InChI=1S/C16H16F2N2O3/c1-2-23-16-11(4-3-7-19-16)15(22)20-9-14(21)10-5-6-12(17)13(18)8-10/h3-8,14,21H,2,9H2,1H3,(H,20,22)/t14-/m0/s1.